The molecule has 27 heavy (non-hydrogen) atoms. The van der Waals surface area contributed by atoms with Crippen molar-refractivity contribution in [3.05, 3.63) is 48.3 Å². The topological polar surface area (TPSA) is 72.3 Å². The first-order chi connectivity index (χ1) is 13.3. The van der Waals surface area contributed by atoms with Crippen LogP contribution < -0.4 is 5.32 Å². The number of amides is 1. The number of ether oxygens (including phenoxy) is 1. The molecule has 0 unspecified atom stereocenters. The van der Waals surface area contributed by atoms with Gasteiger partial charge in [0.25, 0.3) is 0 Å². The second kappa shape index (κ2) is 8.63. The molecule has 0 bridgehead atoms. The number of carbonyl (C=O) groups is 1. The zero-order valence-electron chi connectivity index (χ0n) is 15.6. The number of imidazole rings is 1. The summed E-state index contributed by atoms with van der Waals surface area (Å²) in [6, 6.07) is 4.07. The van der Waals surface area contributed by atoms with Crippen LogP contribution in [0.1, 0.15) is 36.6 Å². The van der Waals surface area contributed by atoms with Crippen LogP contribution in [0.25, 0.3) is 0 Å². The van der Waals surface area contributed by atoms with Crippen molar-refractivity contribution in [2.24, 2.45) is 0 Å². The van der Waals surface area contributed by atoms with Gasteiger partial charge in [-0.3, -0.25) is 9.78 Å². The van der Waals surface area contributed by atoms with Crippen molar-refractivity contribution in [3.8, 4) is 0 Å². The van der Waals surface area contributed by atoms with Gasteiger partial charge in [-0.2, -0.15) is 0 Å². The van der Waals surface area contributed by atoms with Gasteiger partial charge in [0.15, 0.2) is 0 Å². The zero-order valence-corrected chi connectivity index (χ0v) is 15.6. The summed E-state index contributed by atoms with van der Waals surface area (Å²) in [6.45, 7) is 4.75. The first-order valence-corrected chi connectivity index (χ1v) is 9.79. The molecule has 2 saturated heterocycles. The Hall–Kier alpha value is -2.25. The van der Waals surface area contributed by atoms with Crippen LogP contribution in [0, 0.1) is 0 Å². The molecule has 0 spiro atoms. The lowest BCUT2D eigenvalue weighted by molar-refractivity contribution is -0.135. The summed E-state index contributed by atoms with van der Waals surface area (Å²) in [5.74, 6) is 1.74. The molecule has 7 heteroatoms. The molecule has 1 amide bonds. The molecule has 1 N–H and O–H groups in total. The summed E-state index contributed by atoms with van der Waals surface area (Å²) in [4.78, 5) is 23.2. The van der Waals surface area contributed by atoms with Crippen molar-refractivity contribution in [1.82, 2.24) is 24.8 Å². The van der Waals surface area contributed by atoms with Crippen LogP contribution in [0.2, 0.25) is 0 Å². The third-order valence-electron chi connectivity index (χ3n) is 5.47. The van der Waals surface area contributed by atoms with Gasteiger partial charge >= 0.3 is 0 Å². The summed E-state index contributed by atoms with van der Waals surface area (Å²) in [7, 11) is 0. The number of likely N-dealkylation sites (tertiary alicyclic amines) is 1. The van der Waals surface area contributed by atoms with Gasteiger partial charge in [0.1, 0.15) is 5.82 Å². The van der Waals surface area contributed by atoms with E-state index in [-0.39, 0.29) is 12.0 Å². The van der Waals surface area contributed by atoms with E-state index in [0.717, 1.165) is 51.4 Å². The number of hydrogen-bond acceptors (Lipinski definition) is 5. The Kier molecular flexibility index (Phi) is 5.79. The number of nitrogens with one attached hydrogen (secondary N) is 1. The maximum Gasteiger partial charge on any atom is 0.225 e. The van der Waals surface area contributed by atoms with Crippen molar-refractivity contribution >= 4 is 5.91 Å². The van der Waals surface area contributed by atoms with Crippen LogP contribution in [0.15, 0.2) is 36.9 Å². The quantitative estimate of drug-likeness (QED) is 0.863. The van der Waals surface area contributed by atoms with Crippen LogP contribution >= 0.6 is 0 Å². The predicted octanol–water partition coefficient (Wildman–Crippen LogP) is 1.41. The monoisotopic (exact) mass is 369 g/mol. The minimum atomic E-state index is 0.0169. The van der Waals surface area contributed by atoms with Gasteiger partial charge in [-0.05, 0) is 30.5 Å². The van der Waals surface area contributed by atoms with E-state index >= 15 is 0 Å². The highest BCUT2D eigenvalue weighted by molar-refractivity contribution is 5.76. The molecule has 2 aromatic heterocycles. The number of nitrogens with zero attached hydrogens (tertiary/aromatic N) is 4. The number of hydrogen-bond donors (Lipinski definition) is 1. The Morgan fingerprint density at radius 1 is 1.22 bits per heavy atom. The molecule has 2 aliphatic heterocycles. The Balaban J connectivity index is 1.32. The third kappa shape index (κ3) is 4.54. The lowest BCUT2D eigenvalue weighted by Gasteiger charge is -2.33. The predicted molar refractivity (Wildman–Crippen MR) is 101 cm³/mol. The van der Waals surface area contributed by atoms with E-state index in [4.69, 9.17) is 4.74 Å². The second-order valence-electron chi connectivity index (χ2n) is 7.32. The first kappa shape index (κ1) is 18.1. The molecular weight excluding hydrogens is 342 g/mol. The Morgan fingerprint density at radius 3 is 2.78 bits per heavy atom. The lowest BCUT2D eigenvalue weighted by atomic mass is 9.95. The molecule has 1 atom stereocenters. The van der Waals surface area contributed by atoms with E-state index in [9.17, 15) is 4.79 Å². The smallest absolute Gasteiger partial charge is 0.225 e. The van der Waals surface area contributed by atoms with Crippen molar-refractivity contribution < 1.29 is 9.53 Å². The van der Waals surface area contributed by atoms with E-state index in [2.05, 4.69) is 19.9 Å². The number of pyridine rings is 1. The van der Waals surface area contributed by atoms with Gasteiger partial charge in [0, 0.05) is 63.4 Å². The Morgan fingerprint density at radius 2 is 2.04 bits per heavy atom. The van der Waals surface area contributed by atoms with Gasteiger partial charge < -0.3 is 19.5 Å². The molecule has 0 aromatic carbocycles. The summed E-state index contributed by atoms with van der Waals surface area (Å²) in [5.41, 5.74) is 1.22. The van der Waals surface area contributed by atoms with E-state index in [1.807, 2.05) is 41.8 Å². The number of carbonyl (C=O) groups excluding carboxylic acids is 1. The van der Waals surface area contributed by atoms with Gasteiger partial charge in [0.05, 0.1) is 19.1 Å². The highest BCUT2D eigenvalue weighted by atomic mass is 16.5. The summed E-state index contributed by atoms with van der Waals surface area (Å²) in [5, 5.41) is 3.28. The standard InChI is InChI=1S/C20H27N5O2/c26-19(13-18-14-22-8-12-27-18)24-9-3-17(4-10-24)20-23-7-11-25(20)15-16-1-5-21-6-2-16/h1-2,5-7,11,17-18,22H,3-4,8-10,12-15H2/t18-/m1/s1. The molecule has 2 fully saturated rings. The van der Waals surface area contributed by atoms with Crippen molar-refractivity contribution in [1.29, 1.82) is 0 Å². The van der Waals surface area contributed by atoms with E-state index in [1.165, 1.54) is 5.56 Å². The van der Waals surface area contributed by atoms with Crippen LogP contribution in [-0.4, -0.2) is 64.2 Å². The molecular formula is C20H27N5O2. The largest absolute Gasteiger partial charge is 0.375 e. The zero-order chi connectivity index (χ0) is 18.5. The normalized spacial score (nSPS) is 21.3. The Bertz CT molecular complexity index is 734. The van der Waals surface area contributed by atoms with Gasteiger partial charge in [-0.1, -0.05) is 0 Å². The molecule has 4 rings (SSSR count). The fourth-order valence-corrected chi connectivity index (χ4v) is 3.96. The van der Waals surface area contributed by atoms with Crippen LogP contribution in [0.3, 0.4) is 0 Å². The van der Waals surface area contributed by atoms with E-state index in [1.54, 1.807) is 0 Å². The summed E-state index contributed by atoms with van der Waals surface area (Å²) < 4.78 is 7.89. The van der Waals surface area contributed by atoms with Gasteiger partial charge in [-0.15, -0.1) is 0 Å². The molecule has 4 heterocycles. The molecule has 144 valence electrons. The number of piperidine rings is 1. The summed E-state index contributed by atoms with van der Waals surface area (Å²) >= 11 is 0. The maximum absolute atomic E-state index is 12.6. The molecule has 0 aliphatic carbocycles. The van der Waals surface area contributed by atoms with Gasteiger partial charge in [0.2, 0.25) is 5.91 Å². The maximum atomic E-state index is 12.6. The third-order valence-corrected chi connectivity index (χ3v) is 5.47. The first-order valence-electron chi connectivity index (χ1n) is 9.79. The fourth-order valence-electron chi connectivity index (χ4n) is 3.96. The average molecular weight is 369 g/mol. The number of rotatable bonds is 5. The number of aromatic nitrogens is 3. The van der Waals surface area contributed by atoms with Crippen LogP contribution in [0.5, 0.6) is 0 Å². The highest BCUT2D eigenvalue weighted by Crippen LogP contribution is 2.28. The minimum Gasteiger partial charge on any atom is -0.375 e. The van der Waals surface area contributed by atoms with Crippen molar-refractivity contribution in [2.45, 2.75) is 37.8 Å². The van der Waals surface area contributed by atoms with E-state index in [0.29, 0.717) is 18.9 Å². The second-order valence-corrected chi connectivity index (χ2v) is 7.32. The Labute approximate surface area is 159 Å². The van der Waals surface area contributed by atoms with Crippen LogP contribution in [0.4, 0.5) is 0 Å². The highest BCUT2D eigenvalue weighted by Gasteiger charge is 2.28. The molecule has 0 saturated carbocycles. The van der Waals surface area contributed by atoms with E-state index < -0.39 is 0 Å². The number of morpholine rings is 1. The molecule has 7 nitrogen and oxygen atoms in total. The van der Waals surface area contributed by atoms with Crippen LogP contribution in [-0.2, 0) is 16.1 Å². The molecule has 2 aromatic rings. The van der Waals surface area contributed by atoms with Crippen molar-refractivity contribution in [3.63, 3.8) is 0 Å². The SMILES string of the molecule is O=C(C[C@@H]1CNCCO1)N1CCC(c2nccn2Cc2ccncc2)CC1. The lowest BCUT2D eigenvalue weighted by Crippen LogP contribution is -2.44. The minimum absolute atomic E-state index is 0.0169. The fraction of sp³-hybridized carbons (Fsp3) is 0.550. The summed E-state index contributed by atoms with van der Waals surface area (Å²) in [6.07, 6.45) is 9.98. The van der Waals surface area contributed by atoms with Gasteiger partial charge in [-0.25, -0.2) is 4.98 Å². The molecule has 0 radical (unpaired) electrons. The molecule has 2 aliphatic rings. The average Bonchev–Trinajstić information content (AvgIpc) is 3.18. The van der Waals surface area contributed by atoms with Crippen molar-refractivity contribution in [2.75, 3.05) is 32.8 Å².